The molecule has 0 saturated heterocycles. The maximum atomic E-state index is 3.81. The molecule has 2 N–H and O–H groups in total. The third kappa shape index (κ3) is 1.82. The van der Waals surface area contributed by atoms with Crippen LogP contribution < -0.4 is 0 Å². The van der Waals surface area contributed by atoms with Gasteiger partial charge >= 0.3 is 0 Å². The molecular weight excluding hydrogens is 316 g/mol. The zero-order chi connectivity index (χ0) is 17.3. The van der Waals surface area contributed by atoms with E-state index in [-0.39, 0.29) is 0 Å². The molecule has 3 atom stereocenters. The second-order valence-electron chi connectivity index (χ2n) is 8.01. The van der Waals surface area contributed by atoms with E-state index in [1.807, 2.05) is 0 Å². The molecule has 6 rings (SSSR count). The van der Waals surface area contributed by atoms with Gasteiger partial charge in [-0.05, 0) is 48.9 Å². The second-order valence-corrected chi connectivity index (χ2v) is 8.01. The summed E-state index contributed by atoms with van der Waals surface area (Å²) in [5, 5.41) is 2.78. The van der Waals surface area contributed by atoms with Crippen LogP contribution in [0.25, 0.3) is 21.8 Å². The molecular formula is C24H22N2. The summed E-state index contributed by atoms with van der Waals surface area (Å²) in [5.74, 6) is 1.64. The van der Waals surface area contributed by atoms with Gasteiger partial charge in [-0.2, -0.15) is 0 Å². The highest BCUT2D eigenvalue weighted by molar-refractivity contribution is 5.89. The van der Waals surface area contributed by atoms with Crippen LogP contribution in [0.3, 0.4) is 0 Å². The molecule has 2 nitrogen and oxygen atoms in total. The third-order valence-corrected chi connectivity index (χ3v) is 6.60. The van der Waals surface area contributed by atoms with Gasteiger partial charge in [0.25, 0.3) is 0 Å². The van der Waals surface area contributed by atoms with Gasteiger partial charge in [0, 0.05) is 45.5 Å². The van der Waals surface area contributed by atoms with Gasteiger partial charge in [-0.15, -0.1) is 0 Å². The topological polar surface area (TPSA) is 31.6 Å². The van der Waals surface area contributed by atoms with E-state index >= 15 is 0 Å². The van der Waals surface area contributed by atoms with Gasteiger partial charge in [0.1, 0.15) is 0 Å². The molecule has 2 aliphatic carbocycles. The zero-order valence-electron chi connectivity index (χ0n) is 14.9. The third-order valence-electron chi connectivity index (χ3n) is 6.60. The van der Waals surface area contributed by atoms with Gasteiger partial charge in [0.2, 0.25) is 0 Å². The van der Waals surface area contributed by atoms with Gasteiger partial charge in [0.15, 0.2) is 0 Å². The number of aromatic amines is 2. The van der Waals surface area contributed by atoms with Crippen molar-refractivity contribution < 1.29 is 0 Å². The number of allylic oxidation sites excluding steroid dienone is 2. The van der Waals surface area contributed by atoms with Crippen LogP contribution in [0.5, 0.6) is 0 Å². The summed E-state index contributed by atoms with van der Waals surface area (Å²) in [7, 11) is 0. The summed E-state index contributed by atoms with van der Waals surface area (Å²) in [6, 6.07) is 17.5. The molecule has 2 aromatic carbocycles. The highest BCUT2D eigenvalue weighted by Gasteiger charge is 2.44. The quantitative estimate of drug-likeness (QED) is 0.385. The molecule has 26 heavy (non-hydrogen) atoms. The van der Waals surface area contributed by atoms with E-state index in [4.69, 9.17) is 0 Å². The normalized spacial score (nSPS) is 24.7. The summed E-state index contributed by atoms with van der Waals surface area (Å²) in [6.45, 7) is 2.30. The van der Waals surface area contributed by atoms with Crippen LogP contribution in [0.15, 0.2) is 66.4 Å². The molecule has 0 unspecified atom stereocenters. The lowest BCUT2D eigenvalue weighted by Gasteiger charge is -2.28. The highest BCUT2D eigenvalue weighted by atomic mass is 14.8. The molecule has 2 heterocycles. The molecule has 2 aliphatic rings. The van der Waals surface area contributed by atoms with Gasteiger partial charge in [-0.25, -0.2) is 0 Å². The number of H-pyrrole nitrogens is 2. The number of benzene rings is 2. The molecule has 0 saturated carbocycles. The first-order chi connectivity index (χ1) is 12.8. The first-order valence-corrected chi connectivity index (χ1v) is 9.65. The number of fused-ring (bicyclic) bond motifs is 6. The standard InChI is InChI=1S/C24H22N2/c1-14-10-11-16-18(12-14)23-17-7-3-5-9-21(17)26-24(23)22(16)19-13-25-20-8-4-2-6-15(19)20/h2-9,12-13,16,18,22,25-26H,10-11H2,1H3/t16-,18+,22-/m1/s1. The van der Waals surface area contributed by atoms with Crippen LogP contribution in [0, 0.1) is 5.92 Å². The number of rotatable bonds is 1. The number of aromatic nitrogens is 2. The largest absolute Gasteiger partial charge is 0.361 e. The van der Waals surface area contributed by atoms with E-state index in [0.717, 1.165) is 0 Å². The van der Waals surface area contributed by atoms with Gasteiger partial charge in [0.05, 0.1) is 0 Å². The Hall–Kier alpha value is -2.74. The summed E-state index contributed by atoms with van der Waals surface area (Å²) < 4.78 is 0. The fourth-order valence-electron chi connectivity index (χ4n) is 5.50. The zero-order valence-corrected chi connectivity index (χ0v) is 14.9. The van der Waals surface area contributed by atoms with E-state index < -0.39 is 0 Å². The molecule has 2 aromatic heterocycles. The fraction of sp³-hybridized carbons (Fsp3) is 0.250. The Morgan fingerprint density at radius 2 is 1.69 bits per heavy atom. The highest BCUT2D eigenvalue weighted by Crippen LogP contribution is 2.57. The number of nitrogens with one attached hydrogen (secondary N) is 2. The lowest BCUT2D eigenvalue weighted by Crippen LogP contribution is -2.16. The first kappa shape index (κ1) is 14.4. The van der Waals surface area contributed by atoms with Crippen molar-refractivity contribution in [1.29, 1.82) is 0 Å². The number of para-hydroxylation sites is 2. The molecule has 128 valence electrons. The maximum absolute atomic E-state index is 3.81. The van der Waals surface area contributed by atoms with Crippen molar-refractivity contribution >= 4 is 21.8 Å². The molecule has 0 spiro atoms. The van der Waals surface area contributed by atoms with Crippen LogP contribution >= 0.6 is 0 Å². The van der Waals surface area contributed by atoms with Crippen molar-refractivity contribution in [2.24, 2.45) is 5.92 Å². The summed E-state index contributed by atoms with van der Waals surface area (Å²) in [5.41, 5.74) is 8.50. The van der Waals surface area contributed by atoms with Crippen LogP contribution in [-0.2, 0) is 0 Å². The molecule has 0 radical (unpaired) electrons. The van der Waals surface area contributed by atoms with Crippen molar-refractivity contribution in [3.63, 3.8) is 0 Å². The minimum Gasteiger partial charge on any atom is -0.361 e. The molecule has 0 bridgehead atoms. The Morgan fingerprint density at radius 1 is 0.923 bits per heavy atom. The SMILES string of the molecule is CC1=C[C@@H]2c3c([nH]c4ccccc34)[C@@H](c3c[nH]c4ccccc34)[C@@H]2CC1. The first-order valence-electron chi connectivity index (χ1n) is 9.65. The maximum Gasteiger partial charge on any atom is 0.0459 e. The minimum absolute atomic E-state index is 0.447. The monoisotopic (exact) mass is 338 g/mol. The fourth-order valence-corrected chi connectivity index (χ4v) is 5.50. The van der Waals surface area contributed by atoms with Crippen molar-refractivity contribution in [3.05, 3.63) is 83.2 Å². The van der Waals surface area contributed by atoms with Crippen molar-refractivity contribution in [2.45, 2.75) is 31.6 Å². The molecule has 0 aliphatic heterocycles. The smallest absolute Gasteiger partial charge is 0.0459 e. The molecule has 0 fully saturated rings. The Bertz CT molecular complexity index is 1170. The molecule has 2 heteroatoms. The van der Waals surface area contributed by atoms with Gasteiger partial charge in [-0.3, -0.25) is 0 Å². The number of hydrogen-bond donors (Lipinski definition) is 2. The second kappa shape index (κ2) is 5.14. The lowest BCUT2D eigenvalue weighted by atomic mass is 9.75. The van der Waals surface area contributed by atoms with E-state index in [1.54, 1.807) is 11.1 Å². The predicted octanol–water partition coefficient (Wildman–Crippen LogP) is 6.23. The van der Waals surface area contributed by atoms with E-state index in [0.29, 0.717) is 17.8 Å². The van der Waals surface area contributed by atoms with Crippen molar-refractivity contribution in [2.75, 3.05) is 0 Å². The van der Waals surface area contributed by atoms with E-state index in [1.165, 1.54) is 45.9 Å². The van der Waals surface area contributed by atoms with Crippen molar-refractivity contribution in [3.8, 4) is 0 Å². The number of hydrogen-bond acceptors (Lipinski definition) is 0. The lowest BCUT2D eigenvalue weighted by molar-refractivity contribution is 0.411. The Kier molecular flexibility index (Phi) is 2.85. The van der Waals surface area contributed by atoms with Crippen LogP contribution in [0.1, 0.15) is 48.4 Å². The van der Waals surface area contributed by atoms with Crippen LogP contribution in [-0.4, -0.2) is 9.97 Å². The Balaban J connectivity index is 1.65. The summed E-state index contributed by atoms with van der Waals surface area (Å²) >= 11 is 0. The van der Waals surface area contributed by atoms with Crippen LogP contribution in [0.2, 0.25) is 0 Å². The van der Waals surface area contributed by atoms with Gasteiger partial charge in [-0.1, -0.05) is 48.0 Å². The van der Waals surface area contributed by atoms with E-state index in [2.05, 4.69) is 77.7 Å². The molecule has 0 amide bonds. The van der Waals surface area contributed by atoms with Crippen molar-refractivity contribution in [1.82, 2.24) is 9.97 Å². The van der Waals surface area contributed by atoms with Gasteiger partial charge < -0.3 is 9.97 Å². The predicted molar refractivity (Wildman–Crippen MR) is 108 cm³/mol. The average Bonchev–Trinajstić information content (AvgIpc) is 3.32. The molecule has 4 aromatic rings. The Morgan fingerprint density at radius 3 is 2.58 bits per heavy atom. The summed E-state index contributed by atoms with van der Waals surface area (Å²) in [6.07, 6.45) is 7.29. The Labute approximate surface area is 152 Å². The van der Waals surface area contributed by atoms with E-state index in [9.17, 15) is 0 Å². The average molecular weight is 338 g/mol. The minimum atomic E-state index is 0.447. The van der Waals surface area contributed by atoms with Crippen LogP contribution in [0.4, 0.5) is 0 Å². The summed E-state index contributed by atoms with van der Waals surface area (Å²) in [4.78, 5) is 7.31.